The van der Waals surface area contributed by atoms with Gasteiger partial charge in [0.2, 0.25) is 0 Å². The fraction of sp³-hybridized carbons (Fsp3) is 0.900. The molecule has 5 aliphatic rings. The molecule has 0 amide bonds. The van der Waals surface area contributed by atoms with E-state index in [1.165, 1.54) is 18.4 Å². The highest BCUT2D eigenvalue weighted by molar-refractivity contribution is 5.81. The summed E-state index contributed by atoms with van der Waals surface area (Å²) in [6, 6.07) is 0. The van der Waals surface area contributed by atoms with Gasteiger partial charge in [-0.2, -0.15) is 0 Å². The number of aliphatic carboxylic acids is 1. The van der Waals surface area contributed by atoms with Gasteiger partial charge < -0.3 is 15.3 Å². The maximum absolute atomic E-state index is 13.5. The lowest BCUT2D eigenvalue weighted by molar-refractivity contribution is -0.245. The van der Waals surface area contributed by atoms with Crippen molar-refractivity contribution in [2.75, 3.05) is 0 Å². The van der Waals surface area contributed by atoms with E-state index in [-0.39, 0.29) is 33.5 Å². The first kappa shape index (κ1) is 24.8. The molecule has 0 aromatic heterocycles. The van der Waals surface area contributed by atoms with Gasteiger partial charge in [0.1, 0.15) is 0 Å². The van der Waals surface area contributed by atoms with Crippen molar-refractivity contribution < 1.29 is 20.1 Å². The van der Waals surface area contributed by atoms with Gasteiger partial charge in [-0.3, -0.25) is 4.79 Å². The molecular weight excluding hydrogens is 424 g/mol. The Morgan fingerprint density at radius 2 is 1.56 bits per heavy atom. The Kier molecular flexibility index (Phi) is 5.20. The van der Waals surface area contributed by atoms with Crippen molar-refractivity contribution in [3.8, 4) is 0 Å². The molecule has 4 nitrogen and oxygen atoms in total. The monoisotopic (exact) mass is 472 g/mol. The molecule has 2 unspecified atom stereocenters. The zero-order valence-electron chi connectivity index (χ0n) is 22.6. The molecule has 5 aliphatic carbocycles. The predicted octanol–water partition coefficient (Wildman–Crippen LogP) is 6.20. The number of aliphatic hydroxyl groups is 2. The van der Waals surface area contributed by atoms with Crippen LogP contribution in [-0.4, -0.2) is 33.5 Å². The SMILES string of the molecule is CC1(C)CC[C@]2(C)CC[C@]3(C(=O)O)C(=CC[C@@H]4[C@@]5(C)CC[C@H](O)C(C)(C)C5[C@H](O)C[C@]43C)C2C1. The minimum atomic E-state index is -0.900. The van der Waals surface area contributed by atoms with Crippen molar-refractivity contribution in [1.29, 1.82) is 0 Å². The fourth-order valence-electron chi connectivity index (χ4n) is 10.8. The number of fused-ring (bicyclic) bond motifs is 7. The van der Waals surface area contributed by atoms with Gasteiger partial charge in [0.05, 0.1) is 17.6 Å². The molecule has 3 N–H and O–H groups in total. The lowest BCUT2D eigenvalue weighted by Crippen LogP contribution is -2.69. The number of hydrogen-bond donors (Lipinski definition) is 3. The minimum absolute atomic E-state index is 0.0231. The van der Waals surface area contributed by atoms with Crippen LogP contribution in [0.25, 0.3) is 0 Å². The second-order valence-electron chi connectivity index (χ2n) is 15.3. The smallest absolute Gasteiger partial charge is 0.314 e. The third-order valence-corrected chi connectivity index (χ3v) is 12.7. The number of rotatable bonds is 1. The highest BCUT2D eigenvalue weighted by Crippen LogP contribution is 2.75. The molecule has 0 aliphatic heterocycles. The van der Waals surface area contributed by atoms with Crippen molar-refractivity contribution in [2.45, 2.75) is 118 Å². The molecule has 9 atom stereocenters. The quantitative estimate of drug-likeness (QED) is 0.397. The van der Waals surface area contributed by atoms with Crippen LogP contribution in [0.4, 0.5) is 0 Å². The summed E-state index contributed by atoms with van der Waals surface area (Å²) in [4.78, 5) is 13.5. The van der Waals surface area contributed by atoms with E-state index in [0.717, 1.165) is 32.1 Å². The topological polar surface area (TPSA) is 77.8 Å². The highest BCUT2D eigenvalue weighted by atomic mass is 16.4. The van der Waals surface area contributed by atoms with Crippen LogP contribution in [0.2, 0.25) is 0 Å². The molecule has 0 saturated heterocycles. The third kappa shape index (κ3) is 2.88. The number of carbonyl (C=O) groups is 1. The molecule has 5 rings (SSSR count). The van der Waals surface area contributed by atoms with Crippen molar-refractivity contribution in [3.05, 3.63) is 11.6 Å². The van der Waals surface area contributed by atoms with Crippen LogP contribution in [0.15, 0.2) is 11.6 Å². The van der Waals surface area contributed by atoms with Crippen LogP contribution in [0.5, 0.6) is 0 Å². The van der Waals surface area contributed by atoms with E-state index in [1.54, 1.807) is 0 Å². The normalized spacial score (nSPS) is 53.4. The average molecular weight is 473 g/mol. The number of carboxylic acid groups (broad SMARTS) is 1. The number of aliphatic hydroxyl groups excluding tert-OH is 2. The zero-order chi connectivity index (χ0) is 25.1. The van der Waals surface area contributed by atoms with Gasteiger partial charge in [0.25, 0.3) is 0 Å². The Hall–Kier alpha value is -0.870. The second kappa shape index (κ2) is 7.12. The molecular formula is C30H48O4. The van der Waals surface area contributed by atoms with Crippen molar-refractivity contribution >= 4 is 5.97 Å². The Bertz CT molecular complexity index is 919. The van der Waals surface area contributed by atoms with Gasteiger partial charge >= 0.3 is 5.97 Å². The first-order valence-electron chi connectivity index (χ1n) is 13.9. The fourth-order valence-corrected chi connectivity index (χ4v) is 10.8. The maximum atomic E-state index is 13.5. The van der Waals surface area contributed by atoms with Crippen molar-refractivity contribution in [1.82, 2.24) is 0 Å². The first-order valence-corrected chi connectivity index (χ1v) is 13.9. The predicted molar refractivity (Wildman–Crippen MR) is 134 cm³/mol. The molecule has 34 heavy (non-hydrogen) atoms. The summed E-state index contributed by atoms with van der Waals surface area (Å²) in [6.07, 6.45) is 9.45. The summed E-state index contributed by atoms with van der Waals surface area (Å²) in [5.74, 6) is -0.182. The molecule has 0 radical (unpaired) electrons. The van der Waals surface area contributed by atoms with E-state index in [4.69, 9.17) is 0 Å². The maximum Gasteiger partial charge on any atom is 0.314 e. The van der Waals surface area contributed by atoms with E-state index in [2.05, 4.69) is 54.5 Å². The average Bonchev–Trinajstić information content (AvgIpc) is 2.70. The van der Waals surface area contributed by atoms with Crippen LogP contribution < -0.4 is 0 Å². The lowest BCUT2D eigenvalue weighted by Gasteiger charge is -2.71. The van der Waals surface area contributed by atoms with E-state index < -0.39 is 29.0 Å². The summed E-state index contributed by atoms with van der Waals surface area (Å²) in [6.45, 7) is 15.9. The van der Waals surface area contributed by atoms with E-state index in [9.17, 15) is 20.1 Å². The zero-order valence-corrected chi connectivity index (χ0v) is 22.6. The Morgan fingerprint density at radius 1 is 0.912 bits per heavy atom. The Morgan fingerprint density at radius 3 is 2.21 bits per heavy atom. The Balaban J connectivity index is 1.67. The van der Waals surface area contributed by atoms with Gasteiger partial charge in [0, 0.05) is 0 Å². The Labute approximate surface area is 206 Å². The van der Waals surface area contributed by atoms with Crippen LogP contribution in [-0.2, 0) is 4.79 Å². The number of allylic oxidation sites excluding steroid dienone is 1. The molecule has 0 aromatic carbocycles. The van der Waals surface area contributed by atoms with Gasteiger partial charge in [-0.1, -0.05) is 60.1 Å². The number of hydrogen-bond acceptors (Lipinski definition) is 3. The summed E-state index contributed by atoms with van der Waals surface area (Å²) >= 11 is 0. The van der Waals surface area contributed by atoms with Crippen LogP contribution in [0, 0.1) is 50.2 Å². The lowest BCUT2D eigenvalue weighted by atomic mass is 9.33. The molecule has 0 heterocycles. The van der Waals surface area contributed by atoms with E-state index in [0.29, 0.717) is 18.8 Å². The van der Waals surface area contributed by atoms with Crippen molar-refractivity contribution in [2.24, 2.45) is 50.2 Å². The first-order chi connectivity index (χ1) is 15.6. The summed E-state index contributed by atoms with van der Waals surface area (Å²) in [5, 5.41) is 33.7. The van der Waals surface area contributed by atoms with Gasteiger partial charge in [0.15, 0.2) is 0 Å². The van der Waals surface area contributed by atoms with Crippen LogP contribution in [0.3, 0.4) is 0 Å². The third-order valence-electron chi connectivity index (χ3n) is 12.7. The summed E-state index contributed by atoms with van der Waals surface area (Å²) in [5.41, 5.74) is -0.349. The van der Waals surface area contributed by atoms with Gasteiger partial charge in [-0.15, -0.1) is 0 Å². The molecule has 192 valence electrons. The van der Waals surface area contributed by atoms with E-state index in [1.807, 2.05) is 0 Å². The molecule has 0 spiro atoms. The summed E-state index contributed by atoms with van der Waals surface area (Å²) in [7, 11) is 0. The molecule has 4 saturated carbocycles. The largest absolute Gasteiger partial charge is 0.481 e. The second-order valence-corrected chi connectivity index (χ2v) is 15.3. The van der Waals surface area contributed by atoms with Gasteiger partial charge in [-0.25, -0.2) is 0 Å². The van der Waals surface area contributed by atoms with Gasteiger partial charge in [-0.05, 0) is 103 Å². The standard InChI is InChI=1S/C30H48O4/c1-25(2)12-13-27(5)14-15-30(24(33)34)18(19(27)16-25)8-9-21-28(6)11-10-22(32)26(3,4)23(28)20(31)17-29(21,30)7/h8,19-23,31-32H,9-17H2,1-7H3,(H,33,34)/t19?,20-,21-,22+,23?,27-,28-,29-,30-/m1/s1. The molecule has 0 aromatic rings. The highest BCUT2D eigenvalue weighted by Gasteiger charge is 2.73. The minimum Gasteiger partial charge on any atom is -0.481 e. The van der Waals surface area contributed by atoms with Crippen LogP contribution >= 0.6 is 0 Å². The number of carboxylic acids is 1. The molecule has 4 fully saturated rings. The van der Waals surface area contributed by atoms with E-state index >= 15 is 0 Å². The van der Waals surface area contributed by atoms with Crippen molar-refractivity contribution in [3.63, 3.8) is 0 Å². The molecule has 4 heteroatoms. The van der Waals surface area contributed by atoms with Crippen LogP contribution in [0.1, 0.15) is 106 Å². The molecule has 0 bridgehead atoms. The summed E-state index contributed by atoms with van der Waals surface area (Å²) < 4.78 is 0.